The van der Waals surface area contributed by atoms with Crippen molar-refractivity contribution < 1.29 is 19.2 Å². The molecule has 0 spiro atoms. The smallest absolute Gasteiger partial charge is 0.261 e. The van der Waals surface area contributed by atoms with E-state index in [-0.39, 0.29) is 41.1 Å². The number of fused-ring (bicyclic) bond motifs is 1. The van der Waals surface area contributed by atoms with E-state index in [9.17, 15) is 19.2 Å². The van der Waals surface area contributed by atoms with Gasteiger partial charge in [0.25, 0.3) is 23.6 Å². The summed E-state index contributed by atoms with van der Waals surface area (Å²) in [5, 5.41) is 5.55. The second kappa shape index (κ2) is 9.70. The molecule has 1 aliphatic heterocycles. The average molecular weight is 456 g/mol. The lowest BCUT2D eigenvalue weighted by Crippen LogP contribution is -2.31. The van der Waals surface area contributed by atoms with Crippen LogP contribution in [0, 0.1) is 0 Å². The van der Waals surface area contributed by atoms with Crippen LogP contribution >= 0.6 is 0 Å². The van der Waals surface area contributed by atoms with Crippen molar-refractivity contribution in [2.24, 2.45) is 0 Å². The van der Waals surface area contributed by atoms with Crippen LogP contribution in [0.3, 0.4) is 0 Å². The minimum Gasteiger partial charge on any atom is -0.350 e. The van der Waals surface area contributed by atoms with E-state index in [4.69, 9.17) is 0 Å². The fourth-order valence-electron chi connectivity index (χ4n) is 3.85. The van der Waals surface area contributed by atoms with E-state index < -0.39 is 11.8 Å². The van der Waals surface area contributed by atoms with Crippen LogP contribution in [0.5, 0.6) is 0 Å². The highest BCUT2D eigenvalue weighted by molar-refractivity contribution is 6.22. The number of benzene rings is 3. The Morgan fingerprint density at radius 2 is 1.50 bits per heavy atom. The summed E-state index contributed by atoms with van der Waals surface area (Å²) in [6, 6.07) is 20.7. The zero-order valence-electron chi connectivity index (χ0n) is 19.0. The van der Waals surface area contributed by atoms with Gasteiger partial charge in [-0.3, -0.25) is 24.1 Å². The number of amides is 4. The van der Waals surface area contributed by atoms with Gasteiger partial charge in [0.05, 0.1) is 22.4 Å². The summed E-state index contributed by atoms with van der Waals surface area (Å²) >= 11 is 0. The minimum atomic E-state index is -0.476. The van der Waals surface area contributed by atoms with Gasteiger partial charge in [-0.05, 0) is 56.2 Å². The number of nitrogens with zero attached hydrogens (tertiary/aromatic N) is 1. The van der Waals surface area contributed by atoms with Crippen molar-refractivity contribution >= 4 is 29.3 Å². The maximum atomic E-state index is 12.9. The van der Waals surface area contributed by atoms with Crippen molar-refractivity contribution in [1.82, 2.24) is 10.2 Å². The Bertz CT molecular complexity index is 1270. The van der Waals surface area contributed by atoms with Gasteiger partial charge in [0, 0.05) is 18.2 Å². The predicted octanol–water partition coefficient (Wildman–Crippen LogP) is 3.92. The highest BCUT2D eigenvalue weighted by Gasteiger charge is 2.35. The Balaban J connectivity index is 1.51. The molecular weight excluding hydrogens is 430 g/mol. The van der Waals surface area contributed by atoms with E-state index in [1.807, 2.05) is 44.2 Å². The Morgan fingerprint density at radius 3 is 2.24 bits per heavy atom. The highest BCUT2D eigenvalue weighted by atomic mass is 16.2. The van der Waals surface area contributed by atoms with E-state index in [1.165, 1.54) is 23.1 Å². The van der Waals surface area contributed by atoms with Gasteiger partial charge < -0.3 is 10.6 Å². The fourth-order valence-corrected chi connectivity index (χ4v) is 3.85. The first kappa shape index (κ1) is 22.9. The molecule has 1 aliphatic rings. The van der Waals surface area contributed by atoms with E-state index in [2.05, 4.69) is 10.6 Å². The lowest BCUT2D eigenvalue weighted by Gasteiger charge is -2.13. The third kappa shape index (κ3) is 4.73. The van der Waals surface area contributed by atoms with Crippen LogP contribution in [0.2, 0.25) is 0 Å². The molecule has 2 N–H and O–H groups in total. The SMILES string of the molecule is CC(C)NC(=O)c1ccccc1NC(=O)c1ccc2c(c1)C(=O)N(CCc1ccccc1)C2=O. The van der Waals surface area contributed by atoms with Gasteiger partial charge in [0.2, 0.25) is 0 Å². The zero-order valence-corrected chi connectivity index (χ0v) is 19.0. The third-order valence-corrected chi connectivity index (χ3v) is 5.54. The summed E-state index contributed by atoms with van der Waals surface area (Å²) in [7, 11) is 0. The fraction of sp³-hybridized carbons (Fsp3) is 0.185. The van der Waals surface area contributed by atoms with Gasteiger partial charge in [-0.25, -0.2) is 0 Å². The second-order valence-corrected chi connectivity index (χ2v) is 8.39. The summed E-state index contributed by atoms with van der Waals surface area (Å²) in [5.74, 6) is -1.55. The molecule has 1 heterocycles. The first-order chi connectivity index (χ1) is 16.3. The topological polar surface area (TPSA) is 95.6 Å². The molecular formula is C27H25N3O4. The normalized spacial score (nSPS) is 12.6. The molecule has 7 heteroatoms. The van der Waals surface area contributed by atoms with Crippen molar-refractivity contribution in [2.45, 2.75) is 26.3 Å². The number of carbonyl (C=O) groups excluding carboxylic acids is 4. The summed E-state index contributed by atoms with van der Waals surface area (Å²) in [5.41, 5.74) is 2.44. The number of carbonyl (C=O) groups is 4. The molecule has 0 saturated heterocycles. The molecule has 0 bridgehead atoms. The third-order valence-electron chi connectivity index (χ3n) is 5.54. The van der Waals surface area contributed by atoms with Gasteiger partial charge in [-0.2, -0.15) is 0 Å². The van der Waals surface area contributed by atoms with Crippen LogP contribution < -0.4 is 10.6 Å². The minimum absolute atomic E-state index is 0.0543. The number of imide groups is 1. The van der Waals surface area contributed by atoms with Gasteiger partial charge >= 0.3 is 0 Å². The van der Waals surface area contributed by atoms with E-state index >= 15 is 0 Å². The zero-order chi connectivity index (χ0) is 24.2. The first-order valence-electron chi connectivity index (χ1n) is 11.1. The average Bonchev–Trinajstić information content (AvgIpc) is 3.07. The molecule has 172 valence electrons. The molecule has 0 saturated carbocycles. The number of rotatable bonds is 7. The van der Waals surface area contributed by atoms with Gasteiger partial charge in [-0.1, -0.05) is 42.5 Å². The summed E-state index contributed by atoms with van der Waals surface area (Å²) < 4.78 is 0. The van der Waals surface area contributed by atoms with E-state index in [0.29, 0.717) is 17.7 Å². The molecule has 34 heavy (non-hydrogen) atoms. The summed E-state index contributed by atoms with van der Waals surface area (Å²) in [6.45, 7) is 3.96. The number of para-hydroxylation sites is 1. The molecule has 4 rings (SSSR count). The molecule has 0 unspecified atom stereocenters. The van der Waals surface area contributed by atoms with Gasteiger partial charge in [-0.15, -0.1) is 0 Å². The van der Waals surface area contributed by atoms with Crippen molar-refractivity contribution in [1.29, 1.82) is 0 Å². The van der Waals surface area contributed by atoms with E-state index in [0.717, 1.165) is 5.56 Å². The molecule has 0 atom stereocenters. The monoisotopic (exact) mass is 455 g/mol. The number of nitrogens with one attached hydrogen (secondary N) is 2. The van der Waals surface area contributed by atoms with Gasteiger partial charge in [0.15, 0.2) is 0 Å². The lowest BCUT2D eigenvalue weighted by molar-refractivity contribution is 0.0655. The van der Waals surface area contributed by atoms with Crippen LogP contribution in [0.25, 0.3) is 0 Å². The van der Waals surface area contributed by atoms with E-state index in [1.54, 1.807) is 24.3 Å². The molecule has 0 radical (unpaired) electrons. The number of anilines is 1. The Kier molecular flexibility index (Phi) is 6.54. The predicted molar refractivity (Wildman–Crippen MR) is 129 cm³/mol. The summed E-state index contributed by atoms with van der Waals surface area (Å²) in [4.78, 5) is 52.3. The van der Waals surface area contributed by atoms with Crippen molar-refractivity contribution in [3.8, 4) is 0 Å². The second-order valence-electron chi connectivity index (χ2n) is 8.39. The molecule has 4 amide bonds. The molecule has 0 fully saturated rings. The van der Waals surface area contributed by atoms with Crippen LogP contribution in [-0.4, -0.2) is 41.1 Å². The number of hydrogen-bond acceptors (Lipinski definition) is 4. The van der Waals surface area contributed by atoms with Crippen LogP contribution in [0.4, 0.5) is 5.69 Å². The molecule has 0 aromatic heterocycles. The van der Waals surface area contributed by atoms with Crippen molar-refractivity contribution in [3.63, 3.8) is 0 Å². The lowest BCUT2D eigenvalue weighted by atomic mass is 10.0. The Hall–Kier alpha value is -4.26. The van der Waals surface area contributed by atoms with Crippen molar-refractivity contribution in [3.05, 3.63) is 101 Å². The highest BCUT2D eigenvalue weighted by Crippen LogP contribution is 2.25. The van der Waals surface area contributed by atoms with Crippen LogP contribution in [0.15, 0.2) is 72.8 Å². The maximum Gasteiger partial charge on any atom is 0.261 e. The van der Waals surface area contributed by atoms with Gasteiger partial charge in [0.1, 0.15) is 0 Å². The molecule has 7 nitrogen and oxygen atoms in total. The Morgan fingerprint density at radius 1 is 0.824 bits per heavy atom. The standard InChI is InChI=1S/C27H25N3O4/c1-17(2)28-25(32)21-10-6-7-11-23(21)29-24(31)19-12-13-20-22(16-19)27(34)30(26(20)33)15-14-18-8-4-3-5-9-18/h3-13,16-17H,14-15H2,1-2H3,(H,28,32)(H,29,31). The number of hydrogen-bond donors (Lipinski definition) is 2. The molecule has 3 aromatic rings. The van der Waals surface area contributed by atoms with Crippen LogP contribution in [-0.2, 0) is 6.42 Å². The summed E-state index contributed by atoms with van der Waals surface area (Å²) in [6.07, 6.45) is 0.550. The first-order valence-corrected chi connectivity index (χ1v) is 11.1. The molecule has 0 aliphatic carbocycles. The maximum absolute atomic E-state index is 12.9. The van der Waals surface area contributed by atoms with Crippen LogP contribution in [0.1, 0.15) is 60.8 Å². The Labute approximate surface area is 197 Å². The quantitative estimate of drug-likeness (QED) is 0.528. The van der Waals surface area contributed by atoms with Crippen molar-refractivity contribution in [2.75, 3.05) is 11.9 Å². The molecule has 3 aromatic carbocycles. The largest absolute Gasteiger partial charge is 0.350 e.